The predicted octanol–water partition coefficient (Wildman–Crippen LogP) is 2.88. The number of ether oxygens (including phenoxy) is 1. The van der Waals surface area contributed by atoms with Gasteiger partial charge in [-0.15, -0.1) is 0 Å². The number of hydrogen-bond donors (Lipinski definition) is 2. The third-order valence-electron chi connectivity index (χ3n) is 3.31. The first-order valence-corrected chi connectivity index (χ1v) is 5.89. The van der Waals surface area contributed by atoms with Crippen molar-refractivity contribution in [3.63, 3.8) is 0 Å². The monoisotopic (exact) mass is 220 g/mol. The Hall–Kier alpha value is -1.38. The summed E-state index contributed by atoms with van der Waals surface area (Å²) in [5, 5.41) is 3.51. The van der Waals surface area contributed by atoms with Crippen molar-refractivity contribution in [2.45, 2.75) is 32.2 Å². The van der Waals surface area contributed by atoms with Gasteiger partial charge in [0.15, 0.2) is 0 Å². The number of nitrogens with two attached hydrogens (primary N) is 1. The lowest BCUT2D eigenvalue weighted by Gasteiger charge is -2.16. The number of benzene rings is 1. The van der Waals surface area contributed by atoms with Crippen molar-refractivity contribution in [3.8, 4) is 5.75 Å². The number of nitrogens with one attached hydrogen (secondary N) is 1. The van der Waals surface area contributed by atoms with Crippen LogP contribution in [0, 0.1) is 5.92 Å². The Kier molecular flexibility index (Phi) is 3.22. The molecule has 1 aliphatic rings. The van der Waals surface area contributed by atoms with Crippen LogP contribution in [0.1, 0.15) is 26.2 Å². The van der Waals surface area contributed by atoms with Gasteiger partial charge in [0.2, 0.25) is 0 Å². The minimum Gasteiger partial charge on any atom is -0.497 e. The molecule has 2 rings (SSSR count). The fourth-order valence-corrected chi connectivity index (χ4v) is 2.35. The van der Waals surface area contributed by atoms with E-state index in [1.54, 1.807) is 7.11 Å². The molecule has 2 atom stereocenters. The lowest BCUT2D eigenvalue weighted by molar-refractivity contribution is 0.415. The van der Waals surface area contributed by atoms with Gasteiger partial charge in [0.05, 0.1) is 18.5 Å². The first-order valence-electron chi connectivity index (χ1n) is 5.89. The van der Waals surface area contributed by atoms with Gasteiger partial charge in [0.25, 0.3) is 0 Å². The van der Waals surface area contributed by atoms with Gasteiger partial charge in [-0.2, -0.15) is 0 Å². The summed E-state index contributed by atoms with van der Waals surface area (Å²) in [7, 11) is 1.67. The Labute approximate surface area is 97.0 Å². The average molecular weight is 220 g/mol. The van der Waals surface area contributed by atoms with Crippen LogP contribution in [-0.2, 0) is 0 Å². The van der Waals surface area contributed by atoms with Crippen molar-refractivity contribution in [1.29, 1.82) is 0 Å². The molecule has 3 heteroatoms. The van der Waals surface area contributed by atoms with Gasteiger partial charge >= 0.3 is 0 Å². The second-order valence-corrected chi connectivity index (χ2v) is 4.71. The van der Waals surface area contributed by atoms with Crippen molar-refractivity contribution >= 4 is 11.4 Å². The summed E-state index contributed by atoms with van der Waals surface area (Å²) in [5.41, 5.74) is 7.73. The first-order chi connectivity index (χ1) is 7.69. The zero-order valence-corrected chi connectivity index (χ0v) is 9.99. The van der Waals surface area contributed by atoms with Gasteiger partial charge in [0, 0.05) is 12.1 Å². The molecule has 1 fully saturated rings. The number of anilines is 2. The summed E-state index contributed by atoms with van der Waals surface area (Å²) in [4.78, 5) is 0. The van der Waals surface area contributed by atoms with E-state index in [1.807, 2.05) is 18.2 Å². The third-order valence-corrected chi connectivity index (χ3v) is 3.31. The van der Waals surface area contributed by atoms with E-state index in [9.17, 15) is 0 Å². The smallest absolute Gasteiger partial charge is 0.121 e. The number of rotatable bonds is 3. The van der Waals surface area contributed by atoms with Gasteiger partial charge in [0.1, 0.15) is 5.75 Å². The van der Waals surface area contributed by atoms with E-state index >= 15 is 0 Å². The Morgan fingerprint density at radius 3 is 2.81 bits per heavy atom. The summed E-state index contributed by atoms with van der Waals surface area (Å²) < 4.78 is 5.20. The SMILES string of the molecule is COc1ccc(N)c(NC2CCC(C)C2)c1. The van der Waals surface area contributed by atoms with Crippen LogP contribution < -0.4 is 15.8 Å². The van der Waals surface area contributed by atoms with Crippen molar-refractivity contribution in [2.75, 3.05) is 18.2 Å². The van der Waals surface area contributed by atoms with E-state index in [-0.39, 0.29) is 0 Å². The van der Waals surface area contributed by atoms with Crippen molar-refractivity contribution in [3.05, 3.63) is 18.2 Å². The molecule has 3 N–H and O–H groups in total. The van der Waals surface area contributed by atoms with E-state index in [2.05, 4.69) is 12.2 Å². The molecule has 0 spiro atoms. The predicted molar refractivity (Wildman–Crippen MR) is 67.8 cm³/mol. The molecule has 2 unspecified atom stereocenters. The summed E-state index contributed by atoms with van der Waals surface area (Å²) in [6, 6.07) is 6.31. The average Bonchev–Trinajstić information content (AvgIpc) is 2.67. The zero-order chi connectivity index (χ0) is 11.5. The van der Waals surface area contributed by atoms with Gasteiger partial charge < -0.3 is 15.8 Å². The molecule has 1 aliphatic carbocycles. The molecule has 1 aromatic rings. The van der Waals surface area contributed by atoms with Crippen molar-refractivity contribution < 1.29 is 4.74 Å². The minimum absolute atomic E-state index is 0.560. The van der Waals surface area contributed by atoms with Gasteiger partial charge in [-0.1, -0.05) is 6.92 Å². The lowest BCUT2D eigenvalue weighted by Crippen LogP contribution is -2.16. The van der Waals surface area contributed by atoms with E-state index in [4.69, 9.17) is 10.5 Å². The molecular formula is C13H20N2O. The topological polar surface area (TPSA) is 47.3 Å². The fraction of sp³-hybridized carbons (Fsp3) is 0.538. The normalized spacial score (nSPS) is 24.4. The largest absolute Gasteiger partial charge is 0.497 e. The summed E-state index contributed by atoms with van der Waals surface area (Å²) in [6.07, 6.45) is 3.77. The van der Waals surface area contributed by atoms with Gasteiger partial charge in [-0.3, -0.25) is 0 Å². The third kappa shape index (κ3) is 2.40. The van der Waals surface area contributed by atoms with Gasteiger partial charge in [-0.25, -0.2) is 0 Å². The number of hydrogen-bond acceptors (Lipinski definition) is 3. The number of nitrogen functional groups attached to an aromatic ring is 1. The molecule has 1 saturated carbocycles. The van der Waals surface area contributed by atoms with Gasteiger partial charge in [-0.05, 0) is 37.3 Å². The minimum atomic E-state index is 0.560. The van der Waals surface area contributed by atoms with Crippen molar-refractivity contribution in [1.82, 2.24) is 0 Å². The van der Waals surface area contributed by atoms with Crippen LogP contribution in [0.15, 0.2) is 18.2 Å². The van der Waals surface area contributed by atoms with E-state index < -0.39 is 0 Å². The van der Waals surface area contributed by atoms with Crippen LogP contribution in [0.2, 0.25) is 0 Å². The standard InChI is InChI=1S/C13H20N2O/c1-9-3-4-10(7-9)15-13-8-11(16-2)5-6-12(13)14/h5-6,8-10,15H,3-4,7,14H2,1-2H3. The highest BCUT2D eigenvalue weighted by molar-refractivity contribution is 5.68. The molecule has 0 aliphatic heterocycles. The van der Waals surface area contributed by atoms with Crippen molar-refractivity contribution in [2.24, 2.45) is 5.92 Å². The Balaban J connectivity index is 2.08. The van der Waals surface area contributed by atoms with E-state index in [1.165, 1.54) is 19.3 Å². The maximum atomic E-state index is 5.94. The molecule has 16 heavy (non-hydrogen) atoms. The molecule has 88 valence electrons. The summed E-state index contributed by atoms with van der Waals surface area (Å²) in [6.45, 7) is 2.30. The fourth-order valence-electron chi connectivity index (χ4n) is 2.35. The Morgan fingerprint density at radius 1 is 1.38 bits per heavy atom. The number of methoxy groups -OCH3 is 1. The Morgan fingerprint density at radius 2 is 2.19 bits per heavy atom. The molecule has 0 amide bonds. The molecule has 0 radical (unpaired) electrons. The quantitative estimate of drug-likeness (QED) is 0.770. The Bertz CT molecular complexity index is 365. The summed E-state index contributed by atoms with van der Waals surface area (Å²) in [5.74, 6) is 1.67. The maximum absolute atomic E-state index is 5.94. The highest BCUT2D eigenvalue weighted by atomic mass is 16.5. The van der Waals surface area contributed by atoms with Crippen LogP contribution in [0.3, 0.4) is 0 Å². The van der Waals surface area contributed by atoms with Crippen LogP contribution in [-0.4, -0.2) is 13.2 Å². The molecule has 1 aromatic carbocycles. The van der Waals surface area contributed by atoms with Crippen LogP contribution in [0.4, 0.5) is 11.4 Å². The molecule has 3 nitrogen and oxygen atoms in total. The lowest BCUT2D eigenvalue weighted by atomic mass is 10.1. The highest BCUT2D eigenvalue weighted by Gasteiger charge is 2.21. The molecule has 0 heterocycles. The molecule has 0 aromatic heterocycles. The van der Waals surface area contributed by atoms with Crippen LogP contribution >= 0.6 is 0 Å². The first kappa shape index (κ1) is 11.1. The zero-order valence-electron chi connectivity index (χ0n) is 9.99. The second kappa shape index (κ2) is 4.64. The molecule has 0 bridgehead atoms. The van der Waals surface area contributed by atoms with Crippen LogP contribution in [0.5, 0.6) is 5.75 Å². The van der Waals surface area contributed by atoms with Crippen LogP contribution in [0.25, 0.3) is 0 Å². The second-order valence-electron chi connectivity index (χ2n) is 4.71. The van der Waals surface area contributed by atoms with E-state index in [0.717, 1.165) is 23.0 Å². The summed E-state index contributed by atoms with van der Waals surface area (Å²) >= 11 is 0. The van der Waals surface area contributed by atoms with E-state index in [0.29, 0.717) is 6.04 Å². The molecule has 0 saturated heterocycles. The highest BCUT2D eigenvalue weighted by Crippen LogP contribution is 2.31. The molecular weight excluding hydrogens is 200 g/mol. The maximum Gasteiger partial charge on any atom is 0.121 e.